The summed E-state index contributed by atoms with van der Waals surface area (Å²) in [6.07, 6.45) is 0.616. The van der Waals surface area contributed by atoms with Crippen molar-refractivity contribution in [3.05, 3.63) is 28.8 Å². The van der Waals surface area contributed by atoms with Crippen molar-refractivity contribution in [3.63, 3.8) is 0 Å². The van der Waals surface area contributed by atoms with E-state index >= 15 is 0 Å². The van der Waals surface area contributed by atoms with Crippen molar-refractivity contribution < 1.29 is 9.53 Å². The van der Waals surface area contributed by atoms with Gasteiger partial charge in [-0.25, -0.2) is 0 Å². The first-order chi connectivity index (χ1) is 8.41. The minimum atomic E-state index is -0.0956. The zero-order valence-corrected chi connectivity index (χ0v) is 11.7. The molecular formula is C13H19ClN2O2. The highest BCUT2D eigenvalue weighted by atomic mass is 35.5. The van der Waals surface area contributed by atoms with Gasteiger partial charge >= 0.3 is 0 Å². The maximum atomic E-state index is 11.5. The van der Waals surface area contributed by atoms with Gasteiger partial charge in [0, 0.05) is 30.7 Å². The molecule has 1 unspecified atom stereocenters. The molecule has 1 rings (SSSR count). The lowest BCUT2D eigenvalue weighted by Gasteiger charge is -2.16. The normalized spacial score (nSPS) is 12.1. The molecule has 0 bridgehead atoms. The Morgan fingerprint density at radius 1 is 1.50 bits per heavy atom. The molecular weight excluding hydrogens is 252 g/mol. The van der Waals surface area contributed by atoms with Gasteiger partial charge < -0.3 is 15.4 Å². The van der Waals surface area contributed by atoms with Crippen molar-refractivity contribution >= 4 is 17.5 Å². The standard InChI is InChI=1S/C13H19ClN2O2/c1-9(15)7-10-11(14)5-4-6-12(10)18-8-13(17)16(2)3/h4-6,9H,7-8,15H2,1-3H3. The first-order valence-electron chi connectivity index (χ1n) is 5.77. The number of carbonyl (C=O) groups excluding carboxylic acids is 1. The number of halogens is 1. The van der Waals surface area contributed by atoms with Crippen LogP contribution in [0.5, 0.6) is 5.75 Å². The van der Waals surface area contributed by atoms with Gasteiger partial charge in [-0.3, -0.25) is 4.79 Å². The molecule has 18 heavy (non-hydrogen) atoms. The summed E-state index contributed by atoms with van der Waals surface area (Å²) in [6.45, 7) is 1.90. The molecule has 0 spiro atoms. The molecule has 0 aliphatic heterocycles. The number of nitrogens with zero attached hydrogens (tertiary/aromatic N) is 1. The highest BCUT2D eigenvalue weighted by molar-refractivity contribution is 6.31. The van der Waals surface area contributed by atoms with Crippen LogP contribution in [0.1, 0.15) is 12.5 Å². The molecule has 0 heterocycles. The summed E-state index contributed by atoms with van der Waals surface area (Å²) in [4.78, 5) is 13.0. The van der Waals surface area contributed by atoms with Gasteiger partial charge in [-0.05, 0) is 25.5 Å². The van der Waals surface area contributed by atoms with Crippen molar-refractivity contribution in [3.8, 4) is 5.75 Å². The van der Waals surface area contributed by atoms with Crippen LogP contribution in [0.2, 0.25) is 5.02 Å². The fraction of sp³-hybridized carbons (Fsp3) is 0.462. The van der Waals surface area contributed by atoms with Crippen LogP contribution in [0.4, 0.5) is 0 Å². The van der Waals surface area contributed by atoms with Crippen LogP contribution < -0.4 is 10.5 Å². The molecule has 0 saturated heterocycles. The lowest BCUT2D eigenvalue weighted by atomic mass is 10.1. The fourth-order valence-corrected chi connectivity index (χ4v) is 1.71. The summed E-state index contributed by atoms with van der Waals surface area (Å²) in [6, 6.07) is 5.37. The van der Waals surface area contributed by atoms with E-state index in [9.17, 15) is 4.79 Å². The summed E-state index contributed by atoms with van der Waals surface area (Å²) >= 11 is 6.12. The zero-order chi connectivity index (χ0) is 13.7. The summed E-state index contributed by atoms with van der Waals surface area (Å²) in [5, 5.41) is 0.613. The Morgan fingerprint density at radius 2 is 2.17 bits per heavy atom. The number of likely N-dealkylation sites (N-methyl/N-ethyl adjacent to an activating group) is 1. The molecule has 0 aliphatic rings. The zero-order valence-electron chi connectivity index (χ0n) is 10.9. The van der Waals surface area contributed by atoms with Gasteiger partial charge in [-0.1, -0.05) is 17.7 Å². The van der Waals surface area contributed by atoms with Crippen LogP contribution in [0.25, 0.3) is 0 Å². The number of hydrogen-bond acceptors (Lipinski definition) is 3. The lowest BCUT2D eigenvalue weighted by molar-refractivity contribution is -0.130. The molecule has 1 aromatic rings. The first kappa shape index (κ1) is 14.8. The quantitative estimate of drug-likeness (QED) is 0.886. The van der Waals surface area contributed by atoms with Crippen molar-refractivity contribution in [2.45, 2.75) is 19.4 Å². The molecule has 0 fully saturated rings. The van der Waals surface area contributed by atoms with E-state index in [2.05, 4.69) is 0 Å². The van der Waals surface area contributed by atoms with Gasteiger partial charge in [0.25, 0.3) is 5.91 Å². The van der Waals surface area contributed by atoms with Crippen LogP contribution in [0.3, 0.4) is 0 Å². The number of ether oxygens (including phenoxy) is 1. The van der Waals surface area contributed by atoms with Crippen molar-refractivity contribution in [1.29, 1.82) is 0 Å². The van der Waals surface area contributed by atoms with Gasteiger partial charge in [-0.2, -0.15) is 0 Å². The Kier molecular flexibility index (Phi) is 5.44. The average Bonchev–Trinajstić information content (AvgIpc) is 2.28. The summed E-state index contributed by atoms with van der Waals surface area (Å²) in [5.41, 5.74) is 6.62. The Labute approximate surface area is 113 Å². The molecule has 0 saturated carbocycles. The van der Waals surface area contributed by atoms with E-state index in [0.717, 1.165) is 5.56 Å². The van der Waals surface area contributed by atoms with E-state index in [-0.39, 0.29) is 18.6 Å². The number of benzene rings is 1. The predicted octanol–water partition coefficient (Wildman–Crippen LogP) is 1.70. The molecule has 0 radical (unpaired) electrons. The average molecular weight is 271 g/mol. The van der Waals surface area contributed by atoms with Gasteiger partial charge in [0.15, 0.2) is 6.61 Å². The van der Waals surface area contributed by atoms with Gasteiger partial charge in [0.2, 0.25) is 0 Å². The first-order valence-corrected chi connectivity index (χ1v) is 6.15. The number of amides is 1. The predicted molar refractivity (Wildman–Crippen MR) is 73.0 cm³/mol. The molecule has 1 aromatic carbocycles. The fourth-order valence-electron chi connectivity index (χ4n) is 1.46. The third-order valence-electron chi connectivity index (χ3n) is 2.45. The Balaban J connectivity index is 2.81. The maximum absolute atomic E-state index is 11.5. The van der Waals surface area contributed by atoms with E-state index in [0.29, 0.717) is 17.2 Å². The SMILES string of the molecule is CC(N)Cc1c(Cl)cccc1OCC(=O)N(C)C. The van der Waals surface area contributed by atoms with E-state index in [4.69, 9.17) is 22.1 Å². The number of hydrogen-bond donors (Lipinski definition) is 1. The van der Waals surface area contributed by atoms with Gasteiger partial charge in [0.1, 0.15) is 5.75 Å². The highest BCUT2D eigenvalue weighted by Gasteiger charge is 2.12. The molecule has 0 aromatic heterocycles. The molecule has 1 atom stereocenters. The second-order valence-corrected chi connectivity index (χ2v) is 4.88. The number of nitrogens with two attached hydrogens (primary N) is 1. The Bertz CT molecular complexity index is 419. The molecule has 2 N–H and O–H groups in total. The lowest BCUT2D eigenvalue weighted by Crippen LogP contribution is -2.28. The molecule has 4 nitrogen and oxygen atoms in total. The summed E-state index contributed by atoms with van der Waals surface area (Å²) < 4.78 is 5.51. The van der Waals surface area contributed by atoms with E-state index < -0.39 is 0 Å². The van der Waals surface area contributed by atoms with Crippen LogP contribution in [0, 0.1) is 0 Å². The van der Waals surface area contributed by atoms with Gasteiger partial charge in [-0.15, -0.1) is 0 Å². The Morgan fingerprint density at radius 3 is 2.72 bits per heavy atom. The minimum absolute atomic E-state index is 0.000700. The second kappa shape index (κ2) is 6.61. The van der Waals surface area contributed by atoms with Crippen molar-refractivity contribution in [2.24, 2.45) is 5.73 Å². The van der Waals surface area contributed by atoms with E-state index in [1.54, 1.807) is 32.3 Å². The van der Waals surface area contributed by atoms with Crippen LogP contribution in [-0.2, 0) is 11.2 Å². The highest BCUT2D eigenvalue weighted by Crippen LogP contribution is 2.27. The summed E-state index contributed by atoms with van der Waals surface area (Å²) in [7, 11) is 3.37. The topological polar surface area (TPSA) is 55.6 Å². The number of rotatable bonds is 5. The third kappa shape index (κ3) is 4.20. The second-order valence-electron chi connectivity index (χ2n) is 4.47. The summed E-state index contributed by atoms with van der Waals surface area (Å²) in [5.74, 6) is 0.525. The molecule has 1 amide bonds. The van der Waals surface area contributed by atoms with Crippen LogP contribution in [-0.4, -0.2) is 37.6 Å². The van der Waals surface area contributed by atoms with E-state index in [1.807, 2.05) is 6.92 Å². The van der Waals surface area contributed by atoms with Crippen molar-refractivity contribution in [2.75, 3.05) is 20.7 Å². The molecule has 100 valence electrons. The van der Waals surface area contributed by atoms with Crippen LogP contribution in [0.15, 0.2) is 18.2 Å². The van der Waals surface area contributed by atoms with Crippen LogP contribution >= 0.6 is 11.6 Å². The monoisotopic (exact) mass is 270 g/mol. The van der Waals surface area contributed by atoms with Crippen molar-refractivity contribution in [1.82, 2.24) is 4.90 Å². The third-order valence-corrected chi connectivity index (χ3v) is 2.81. The largest absolute Gasteiger partial charge is 0.483 e. The minimum Gasteiger partial charge on any atom is -0.483 e. The molecule has 5 heteroatoms. The molecule has 0 aliphatic carbocycles. The maximum Gasteiger partial charge on any atom is 0.259 e. The van der Waals surface area contributed by atoms with Gasteiger partial charge in [0.05, 0.1) is 0 Å². The van der Waals surface area contributed by atoms with E-state index in [1.165, 1.54) is 4.90 Å². The smallest absolute Gasteiger partial charge is 0.259 e. The Hall–Kier alpha value is -1.26. The number of carbonyl (C=O) groups is 1.